The Kier molecular flexibility index (Phi) is 6.15. The van der Waals surface area contributed by atoms with Gasteiger partial charge in [-0.3, -0.25) is 14.6 Å². The van der Waals surface area contributed by atoms with E-state index in [9.17, 15) is 13.2 Å². The number of sulfonamides is 1. The minimum absolute atomic E-state index is 0.0195. The van der Waals surface area contributed by atoms with E-state index in [1.165, 1.54) is 6.42 Å². The summed E-state index contributed by atoms with van der Waals surface area (Å²) in [6.45, 7) is 7.35. The zero-order valence-corrected chi connectivity index (χ0v) is 17.4. The Hall–Kier alpha value is -1.29. The molecule has 1 aliphatic carbocycles. The molecule has 8 nitrogen and oxygen atoms in total. The van der Waals surface area contributed by atoms with Crippen molar-refractivity contribution < 1.29 is 8.42 Å². The predicted octanol–water partition coefficient (Wildman–Crippen LogP) is -0.225. The molecule has 0 N–H and O–H groups in total. The lowest BCUT2D eigenvalue weighted by molar-refractivity contribution is 0.124. The lowest BCUT2D eigenvalue weighted by Crippen LogP contribution is -2.49. The van der Waals surface area contributed by atoms with Crippen LogP contribution in [0.5, 0.6) is 0 Å². The molecule has 0 spiro atoms. The van der Waals surface area contributed by atoms with E-state index in [2.05, 4.69) is 14.9 Å². The molecule has 2 fully saturated rings. The summed E-state index contributed by atoms with van der Waals surface area (Å²) in [4.78, 5) is 17.0. The summed E-state index contributed by atoms with van der Waals surface area (Å²) in [6.07, 6.45) is 5.05. The van der Waals surface area contributed by atoms with Crippen molar-refractivity contribution in [2.75, 3.05) is 58.1 Å². The standard InChI is InChI=1S/C19H31N5O3S/c25-19-16-17-4-1-2-5-18(17)20-24(19)14-12-22-9-7-21(8-10-22)11-13-23-6-3-15-28(23,26)27/h16H,1-15H2. The van der Waals surface area contributed by atoms with Crippen molar-refractivity contribution in [1.29, 1.82) is 0 Å². The lowest BCUT2D eigenvalue weighted by atomic mass is 9.97. The molecular weight excluding hydrogens is 378 g/mol. The monoisotopic (exact) mass is 409 g/mol. The molecule has 2 saturated heterocycles. The molecule has 0 saturated carbocycles. The number of rotatable bonds is 6. The number of piperazine rings is 1. The Morgan fingerprint density at radius 1 is 0.857 bits per heavy atom. The zero-order chi connectivity index (χ0) is 19.6. The Morgan fingerprint density at radius 2 is 1.54 bits per heavy atom. The van der Waals surface area contributed by atoms with Crippen molar-refractivity contribution >= 4 is 10.0 Å². The van der Waals surface area contributed by atoms with Crippen molar-refractivity contribution in [2.24, 2.45) is 0 Å². The summed E-state index contributed by atoms with van der Waals surface area (Å²) in [6, 6.07) is 1.78. The van der Waals surface area contributed by atoms with Gasteiger partial charge in [0.05, 0.1) is 18.0 Å². The van der Waals surface area contributed by atoms with Crippen LogP contribution in [-0.2, 0) is 29.4 Å². The minimum atomic E-state index is -2.99. The molecule has 28 heavy (non-hydrogen) atoms. The van der Waals surface area contributed by atoms with Crippen molar-refractivity contribution in [3.63, 3.8) is 0 Å². The quantitative estimate of drug-likeness (QED) is 0.646. The van der Waals surface area contributed by atoms with Crippen molar-refractivity contribution in [3.8, 4) is 0 Å². The Morgan fingerprint density at radius 3 is 2.21 bits per heavy atom. The summed E-state index contributed by atoms with van der Waals surface area (Å²) < 4.78 is 27.0. The average Bonchev–Trinajstić information content (AvgIpc) is 3.03. The number of fused-ring (bicyclic) bond motifs is 1. The number of aromatic nitrogens is 2. The van der Waals surface area contributed by atoms with Gasteiger partial charge < -0.3 is 0 Å². The normalized spacial score (nSPS) is 23.7. The maximum absolute atomic E-state index is 12.3. The van der Waals surface area contributed by atoms with Crippen LogP contribution in [0.15, 0.2) is 10.9 Å². The van der Waals surface area contributed by atoms with Crippen LogP contribution in [0.1, 0.15) is 30.5 Å². The Bertz CT molecular complexity index is 846. The molecule has 1 aromatic heterocycles. The molecular formula is C19H31N5O3S. The van der Waals surface area contributed by atoms with Gasteiger partial charge in [0.2, 0.25) is 10.0 Å². The maximum Gasteiger partial charge on any atom is 0.267 e. The van der Waals surface area contributed by atoms with Crippen LogP contribution < -0.4 is 5.56 Å². The second-order valence-electron chi connectivity index (χ2n) is 8.14. The van der Waals surface area contributed by atoms with Crippen LogP contribution >= 0.6 is 0 Å². The van der Waals surface area contributed by atoms with Gasteiger partial charge in [-0.05, 0) is 37.7 Å². The van der Waals surface area contributed by atoms with E-state index in [0.29, 0.717) is 25.4 Å². The van der Waals surface area contributed by atoms with Gasteiger partial charge in [0, 0.05) is 58.4 Å². The number of hydrogen-bond donors (Lipinski definition) is 0. The largest absolute Gasteiger partial charge is 0.299 e. The van der Waals surface area contributed by atoms with Crippen molar-refractivity contribution in [3.05, 3.63) is 27.7 Å². The molecule has 0 aromatic carbocycles. The SMILES string of the molecule is O=c1cc2c(nn1CCN1CCN(CCN3CCCS3(=O)=O)CC1)CCCC2. The summed E-state index contributed by atoms with van der Waals surface area (Å²) in [7, 11) is -2.99. The van der Waals surface area contributed by atoms with Crippen LogP contribution in [0.3, 0.4) is 0 Å². The van der Waals surface area contributed by atoms with Gasteiger partial charge in [-0.25, -0.2) is 17.4 Å². The second-order valence-corrected chi connectivity index (χ2v) is 10.2. The lowest BCUT2D eigenvalue weighted by Gasteiger charge is -2.35. The zero-order valence-electron chi connectivity index (χ0n) is 16.6. The van der Waals surface area contributed by atoms with Crippen molar-refractivity contribution in [2.45, 2.75) is 38.6 Å². The summed E-state index contributed by atoms with van der Waals surface area (Å²) in [5, 5.41) is 4.60. The molecule has 0 amide bonds. The molecule has 2 aliphatic heterocycles. The molecule has 3 heterocycles. The van der Waals surface area contributed by atoms with E-state index in [-0.39, 0.29) is 5.56 Å². The Labute approximate surface area is 167 Å². The third-order valence-electron chi connectivity index (χ3n) is 6.24. The first kappa shape index (κ1) is 20.0. The van der Waals surface area contributed by atoms with Gasteiger partial charge >= 0.3 is 0 Å². The highest BCUT2D eigenvalue weighted by Gasteiger charge is 2.28. The first-order valence-electron chi connectivity index (χ1n) is 10.5. The molecule has 4 rings (SSSR count). The van der Waals surface area contributed by atoms with Crippen LogP contribution in [0.25, 0.3) is 0 Å². The highest BCUT2D eigenvalue weighted by molar-refractivity contribution is 7.89. The molecule has 9 heteroatoms. The van der Waals surface area contributed by atoms with E-state index < -0.39 is 10.0 Å². The topological polar surface area (TPSA) is 78.8 Å². The van der Waals surface area contributed by atoms with Crippen molar-refractivity contribution in [1.82, 2.24) is 23.9 Å². The molecule has 0 radical (unpaired) electrons. The Balaban J connectivity index is 1.22. The fraction of sp³-hybridized carbons (Fsp3) is 0.789. The van der Waals surface area contributed by atoms with Crippen LogP contribution in [0, 0.1) is 0 Å². The highest BCUT2D eigenvalue weighted by atomic mass is 32.2. The van der Waals surface area contributed by atoms with Gasteiger partial charge in [0.1, 0.15) is 0 Å². The smallest absolute Gasteiger partial charge is 0.267 e. The average molecular weight is 410 g/mol. The van der Waals surface area contributed by atoms with E-state index in [4.69, 9.17) is 0 Å². The summed E-state index contributed by atoms with van der Waals surface area (Å²) in [5.41, 5.74) is 2.26. The molecule has 0 bridgehead atoms. The first-order chi connectivity index (χ1) is 13.5. The number of hydrogen-bond acceptors (Lipinski definition) is 6. The molecule has 0 atom stereocenters. The molecule has 156 valence electrons. The van der Waals surface area contributed by atoms with Gasteiger partial charge in [-0.15, -0.1) is 0 Å². The summed E-state index contributed by atoms with van der Waals surface area (Å²) >= 11 is 0. The third-order valence-corrected chi connectivity index (χ3v) is 8.19. The van der Waals surface area contributed by atoms with Crippen LogP contribution in [0.4, 0.5) is 0 Å². The number of nitrogens with zero attached hydrogens (tertiary/aromatic N) is 5. The maximum atomic E-state index is 12.3. The molecule has 0 unspecified atom stereocenters. The number of aryl methyl sites for hydroxylation is 2. The van der Waals surface area contributed by atoms with Gasteiger partial charge in [-0.2, -0.15) is 5.10 Å². The van der Waals surface area contributed by atoms with E-state index in [1.807, 2.05) is 0 Å². The highest BCUT2D eigenvalue weighted by Crippen LogP contribution is 2.17. The van der Waals surface area contributed by atoms with Gasteiger partial charge in [0.15, 0.2) is 0 Å². The minimum Gasteiger partial charge on any atom is -0.299 e. The first-order valence-corrected chi connectivity index (χ1v) is 12.1. The van der Waals surface area contributed by atoms with Gasteiger partial charge in [-0.1, -0.05) is 0 Å². The third kappa shape index (κ3) is 4.64. The van der Waals surface area contributed by atoms with E-state index >= 15 is 0 Å². The molecule has 1 aromatic rings. The van der Waals surface area contributed by atoms with Crippen LogP contribution in [-0.4, -0.2) is 90.4 Å². The fourth-order valence-electron chi connectivity index (χ4n) is 4.43. The van der Waals surface area contributed by atoms with E-state index in [1.54, 1.807) is 15.1 Å². The predicted molar refractivity (Wildman–Crippen MR) is 108 cm³/mol. The van der Waals surface area contributed by atoms with E-state index in [0.717, 1.165) is 76.2 Å². The fourth-order valence-corrected chi connectivity index (χ4v) is 5.95. The van der Waals surface area contributed by atoms with Gasteiger partial charge in [0.25, 0.3) is 5.56 Å². The van der Waals surface area contributed by atoms with Crippen LogP contribution in [0.2, 0.25) is 0 Å². The summed E-state index contributed by atoms with van der Waals surface area (Å²) in [5.74, 6) is 0.302. The second kappa shape index (κ2) is 8.61. The molecule has 3 aliphatic rings.